The molecule has 0 N–H and O–H groups in total. The summed E-state index contributed by atoms with van der Waals surface area (Å²) in [6.07, 6.45) is 6.11. The summed E-state index contributed by atoms with van der Waals surface area (Å²) >= 11 is 0. The molecule has 124 valence electrons. The molecule has 2 aromatic heterocycles. The molecule has 3 aliphatic heterocycles. The van der Waals surface area contributed by atoms with Gasteiger partial charge in [0.2, 0.25) is 5.95 Å². The first-order valence-electron chi connectivity index (χ1n) is 8.70. The van der Waals surface area contributed by atoms with Crippen molar-refractivity contribution in [3.8, 4) is 0 Å². The predicted octanol–water partition coefficient (Wildman–Crippen LogP) is 2.28. The SMILES string of the molecule is Cc1nc2c(c(N3C4CC3CN(c3ccnc(F)c3)C4)n1)CCC2. The molecule has 4 aliphatic rings. The summed E-state index contributed by atoms with van der Waals surface area (Å²) in [7, 11) is 0. The first kappa shape index (κ1) is 14.1. The maximum absolute atomic E-state index is 13.4. The Bertz CT molecular complexity index is 796. The third-order valence-corrected chi connectivity index (χ3v) is 5.54. The lowest BCUT2D eigenvalue weighted by Crippen LogP contribution is -2.69. The summed E-state index contributed by atoms with van der Waals surface area (Å²) < 4.78 is 13.4. The van der Waals surface area contributed by atoms with Gasteiger partial charge in [0.15, 0.2) is 0 Å². The lowest BCUT2D eigenvalue weighted by atomic mass is 9.86. The van der Waals surface area contributed by atoms with Gasteiger partial charge in [-0.25, -0.2) is 15.0 Å². The van der Waals surface area contributed by atoms with Crippen molar-refractivity contribution in [2.45, 2.75) is 44.7 Å². The number of rotatable bonds is 2. The van der Waals surface area contributed by atoms with Crippen LogP contribution in [0.25, 0.3) is 0 Å². The van der Waals surface area contributed by atoms with E-state index in [9.17, 15) is 4.39 Å². The monoisotopic (exact) mass is 325 g/mol. The van der Waals surface area contributed by atoms with Gasteiger partial charge in [-0.05, 0) is 38.7 Å². The van der Waals surface area contributed by atoms with Gasteiger partial charge in [-0.1, -0.05) is 0 Å². The number of hydrogen-bond donors (Lipinski definition) is 0. The summed E-state index contributed by atoms with van der Waals surface area (Å²) in [6, 6.07) is 4.34. The van der Waals surface area contributed by atoms with E-state index in [4.69, 9.17) is 4.98 Å². The number of pyridine rings is 1. The largest absolute Gasteiger partial charge is 0.367 e. The third-order valence-electron chi connectivity index (χ3n) is 5.54. The van der Waals surface area contributed by atoms with Gasteiger partial charge in [0.1, 0.15) is 11.6 Å². The minimum atomic E-state index is -0.409. The molecule has 0 radical (unpaired) electrons. The first-order valence-corrected chi connectivity index (χ1v) is 8.70. The Hall–Kier alpha value is -2.24. The minimum Gasteiger partial charge on any atom is -0.367 e. The van der Waals surface area contributed by atoms with Gasteiger partial charge < -0.3 is 9.80 Å². The number of halogens is 1. The molecule has 1 aliphatic carbocycles. The number of piperidine rings is 1. The predicted molar refractivity (Wildman–Crippen MR) is 89.9 cm³/mol. The smallest absolute Gasteiger partial charge is 0.214 e. The summed E-state index contributed by atoms with van der Waals surface area (Å²) in [5.74, 6) is 1.63. The van der Waals surface area contributed by atoms with Gasteiger partial charge >= 0.3 is 0 Å². The van der Waals surface area contributed by atoms with Gasteiger partial charge in [0.05, 0.1) is 12.1 Å². The zero-order chi connectivity index (χ0) is 16.3. The van der Waals surface area contributed by atoms with Gasteiger partial charge in [-0.2, -0.15) is 4.39 Å². The molecule has 3 saturated heterocycles. The van der Waals surface area contributed by atoms with Gasteiger partial charge in [0.25, 0.3) is 0 Å². The van der Waals surface area contributed by atoms with E-state index in [1.807, 2.05) is 13.0 Å². The second-order valence-electron chi connectivity index (χ2n) is 7.07. The summed E-state index contributed by atoms with van der Waals surface area (Å²) in [6.45, 7) is 3.82. The summed E-state index contributed by atoms with van der Waals surface area (Å²) in [4.78, 5) is 17.8. The fourth-order valence-corrected chi connectivity index (χ4v) is 4.50. The normalized spacial score (nSPS) is 24.8. The summed E-state index contributed by atoms with van der Waals surface area (Å²) in [5, 5.41) is 0. The number of aromatic nitrogens is 3. The van der Waals surface area contributed by atoms with E-state index in [0.29, 0.717) is 12.1 Å². The number of anilines is 2. The molecule has 24 heavy (non-hydrogen) atoms. The molecule has 6 rings (SSSR count). The zero-order valence-electron chi connectivity index (χ0n) is 13.7. The second kappa shape index (κ2) is 5.13. The average molecular weight is 325 g/mol. The van der Waals surface area contributed by atoms with Crippen LogP contribution in [-0.2, 0) is 12.8 Å². The molecule has 3 fully saturated rings. The fraction of sp³-hybridized carbons (Fsp3) is 0.500. The number of nitrogens with zero attached hydrogens (tertiary/aromatic N) is 5. The van der Waals surface area contributed by atoms with Crippen molar-refractivity contribution in [2.75, 3.05) is 22.9 Å². The molecule has 0 spiro atoms. The van der Waals surface area contributed by atoms with Crippen molar-refractivity contribution in [1.29, 1.82) is 0 Å². The third kappa shape index (κ3) is 2.08. The van der Waals surface area contributed by atoms with Crippen LogP contribution in [0, 0.1) is 12.9 Å². The van der Waals surface area contributed by atoms with E-state index >= 15 is 0 Å². The average Bonchev–Trinajstić information content (AvgIpc) is 3.03. The maximum Gasteiger partial charge on any atom is 0.214 e. The van der Waals surface area contributed by atoms with Crippen LogP contribution in [0.2, 0.25) is 0 Å². The standard InChI is InChI=1S/C18H20FN5/c1-11-21-16-4-2-3-15(16)18(22-11)24-13-7-14(24)10-23(9-13)12-5-6-20-17(19)8-12/h5-6,8,13-14H,2-4,7,9-10H2,1H3. The Balaban J connectivity index is 1.43. The molecular formula is C18H20FN5. The van der Waals surface area contributed by atoms with E-state index in [1.165, 1.54) is 30.2 Å². The van der Waals surface area contributed by atoms with Crippen molar-refractivity contribution in [3.05, 3.63) is 41.4 Å². The Morgan fingerprint density at radius 3 is 2.79 bits per heavy atom. The molecule has 0 aromatic carbocycles. The van der Waals surface area contributed by atoms with Crippen molar-refractivity contribution >= 4 is 11.5 Å². The molecule has 5 nitrogen and oxygen atoms in total. The lowest BCUT2D eigenvalue weighted by Gasteiger charge is -2.57. The Morgan fingerprint density at radius 2 is 2.00 bits per heavy atom. The summed E-state index contributed by atoms with van der Waals surface area (Å²) in [5.41, 5.74) is 3.54. The molecule has 6 heteroatoms. The molecule has 0 saturated carbocycles. The number of piperazine rings is 1. The van der Waals surface area contributed by atoms with Crippen molar-refractivity contribution < 1.29 is 4.39 Å². The number of hydrogen-bond acceptors (Lipinski definition) is 5. The van der Waals surface area contributed by atoms with Crippen LogP contribution in [0.4, 0.5) is 15.9 Å². The number of aryl methyl sites for hydroxylation is 2. The molecule has 2 bridgehead atoms. The van der Waals surface area contributed by atoms with Crippen molar-refractivity contribution in [2.24, 2.45) is 0 Å². The van der Waals surface area contributed by atoms with Crippen LogP contribution >= 0.6 is 0 Å². The molecule has 2 unspecified atom stereocenters. The van der Waals surface area contributed by atoms with Gasteiger partial charge in [-0.3, -0.25) is 0 Å². The van der Waals surface area contributed by atoms with Crippen LogP contribution in [0.1, 0.15) is 29.9 Å². The fourth-order valence-electron chi connectivity index (χ4n) is 4.50. The van der Waals surface area contributed by atoms with E-state index < -0.39 is 5.95 Å². The van der Waals surface area contributed by atoms with Crippen LogP contribution < -0.4 is 9.80 Å². The highest BCUT2D eigenvalue weighted by atomic mass is 19.1. The topological polar surface area (TPSA) is 45.2 Å². The Labute approximate surface area is 140 Å². The highest BCUT2D eigenvalue weighted by Gasteiger charge is 2.46. The van der Waals surface area contributed by atoms with E-state index in [0.717, 1.165) is 43.3 Å². The van der Waals surface area contributed by atoms with Crippen LogP contribution in [-0.4, -0.2) is 40.1 Å². The van der Waals surface area contributed by atoms with E-state index in [-0.39, 0.29) is 0 Å². The Kier molecular flexibility index (Phi) is 3.02. The van der Waals surface area contributed by atoms with Gasteiger partial charge in [-0.15, -0.1) is 0 Å². The van der Waals surface area contributed by atoms with E-state index in [2.05, 4.69) is 19.8 Å². The number of fused-ring (bicyclic) bond motifs is 3. The maximum atomic E-state index is 13.4. The quantitative estimate of drug-likeness (QED) is 0.793. The van der Waals surface area contributed by atoms with Crippen molar-refractivity contribution in [1.82, 2.24) is 15.0 Å². The molecule has 2 aromatic rings. The highest BCUT2D eigenvalue weighted by molar-refractivity contribution is 5.59. The molecule has 5 heterocycles. The highest BCUT2D eigenvalue weighted by Crippen LogP contribution is 2.41. The zero-order valence-corrected chi connectivity index (χ0v) is 13.7. The molecule has 2 atom stereocenters. The van der Waals surface area contributed by atoms with Crippen LogP contribution in [0.3, 0.4) is 0 Å². The van der Waals surface area contributed by atoms with Crippen LogP contribution in [0.15, 0.2) is 18.3 Å². The van der Waals surface area contributed by atoms with E-state index in [1.54, 1.807) is 6.20 Å². The van der Waals surface area contributed by atoms with Gasteiger partial charge in [0, 0.05) is 42.3 Å². The minimum absolute atomic E-state index is 0.409. The second-order valence-corrected chi connectivity index (χ2v) is 7.07. The Morgan fingerprint density at radius 1 is 1.17 bits per heavy atom. The van der Waals surface area contributed by atoms with Crippen LogP contribution in [0.5, 0.6) is 0 Å². The lowest BCUT2D eigenvalue weighted by molar-refractivity contribution is 0.288. The van der Waals surface area contributed by atoms with Crippen molar-refractivity contribution in [3.63, 3.8) is 0 Å². The molecular weight excluding hydrogens is 305 g/mol. The molecule has 0 amide bonds. The first-order chi connectivity index (χ1) is 11.7.